The Morgan fingerprint density at radius 3 is 2.38 bits per heavy atom. The van der Waals surface area contributed by atoms with Gasteiger partial charge in [-0.3, -0.25) is 0 Å². The van der Waals surface area contributed by atoms with Gasteiger partial charge in [-0.05, 0) is 0 Å². The summed E-state index contributed by atoms with van der Waals surface area (Å²) in [7, 11) is 1.28. The summed E-state index contributed by atoms with van der Waals surface area (Å²) in [6.45, 7) is -1.14. The highest BCUT2D eigenvalue weighted by Crippen LogP contribution is 2.30. The van der Waals surface area contributed by atoms with E-state index in [2.05, 4.69) is 0 Å². The third-order valence-electron chi connectivity index (χ3n) is 2.15. The molecule has 1 fully saturated rings. The van der Waals surface area contributed by atoms with Crippen molar-refractivity contribution in [2.75, 3.05) is 20.3 Å². The van der Waals surface area contributed by atoms with Crippen molar-refractivity contribution in [1.82, 2.24) is 0 Å². The molecule has 0 spiro atoms. The van der Waals surface area contributed by atoms with Crippen LogP contribution in [0.4, 0.5) is 0 Å². The second kappa shape index (κ2) is 3.87. The largest absolute Gasteiger partial charge is 0.394 e. The molecule has 0 amide bonds. The lowest BCUT2D eigenvalue weighted by Gasteiger charge is -2.25. The van der Waals surface area contributed by atoms with Gasteiger partial charge in [-0.1, -0.05) is 0 Å². The molecule has 1 saturated heterocycles. The molecule has 1 rings (SSSR count). The van der Waals surface area contributed by atoms with Crippen LogP contribution >= 0.6 is 0 Å². The van der Waals surface area contributed by atoms with Crippen LogP contribution in [0.2, 0.25) is 0 Å². The van der Waals surface area contributed by atoms with Crippen LogP contribution in [0.5, 0.6) is 0 Å². The van der Waals surface area contributed by atoms with Crippen LogP contribution in [0.25, 0.3) is 0 Å². The first-order chi connectivity index (χ1) is 6.09. The third kappa shape index (κ3) is 1.69. The van der Waals surface area contributed by atoms with Crippen LogP contribution in [0.3, 0.4) is 0 Å². The van der Waals surface area contributed by atoms with Crippen molar-refractivity contribution in [3.63, 3.8) is 0 Å². The molecule has 1 heterocycles. The van der Waals surface area contributed by atoms with Gasteiger partial charge in [0.05, 0.1) is 13.2 Å². The zero-order valence-corrected chi connectivity index (χ0v) is 7.25. The van der Waals surface area contributed by atoms with E-state index < -0.39 is 37.3 Å². The lowest BCUT2D eigenvalue weighted by atomic mass is 10.1. The molecular formula is C7H14O6. The lowest BCUT2D eigenvalue weighted by Crippen LogP contribution is -2.47. The number of ether oxygens (including phenoxy) is 2. The summed E-state index contributed by atoms with van der Waals surface area (Å²) in [4.78, 5) is 0. The maximum atomic E-state index is 9.56. The Hall–Kier alpha value is -0.240. The molecule has 0 aromatic carbocycles. The Balaban J connectivity index is 2.78. The van der Waals surface area contributed by atoms with E-state index in [9.17, 15) is 10.2 Å². The molecular weight excluding hydrogens is 180 g/mol. The van der Waals surface area contributed by atoms with Gasteiger partial charge in [0, 0.05) is 7.11 Å². The molecule has 6 nitrogen and oxygen atoms in total. The first-order valence-corrected chi connectivity index (χ1v) is 3.92. The predicted molar refractivity (Wildman–Crippen MR) is 40.8 cm³/mol. The van der Waals surface area contributed by atoms with E-state index in [-0.39, 0.29) is 0 Å². The first-order valence-electron chi connectivity index (χ1n) is 3.92. The molecule has 6 heteroatoms. The monoisotopic (exact) mass is 194 g/mol. The molecule has 0 aliphatic carbocycles. The van der Waals surface area contributed by atoms with E-state index in [1.807, 2.05) is 0 Å². The summed E-state index contributed by atoms with van der Waals surface area (Å²) in [5, 5.41) is 36.6. The van der Waals surface area contributed by atoms with Gasteiger partial charge in [0.15, 0.2) is 0 Å². The molecule has 4 N–H and O–H groups in total. The second-order valence-corrected chi connectivity index (χ2v) is 2.99. The van der Waals surface area contributed by atoms with Crippen LogP contribution in [-0.2, 0) is 9.47 Å². The molecule has 4 unspecified atom stereocenters. The van der Waals surface area contributed by atoms with Crippen molar-refractivity contribution >= 4 is 0 Å². The Labute approximate surface area is 75.3 Å². The van der Waals surface area contributed by atoms with Gasteiger partial charge in [0.2, 0.25) is 5.79 Å². The minimum absolute atomic E-state index is 0.441. The third-order valence-corrected chi connectivity index (χ3v) is 2.15. The molecule has 0 aromatic heterocycles. The highest BCUT2D eigenvalue weighted by atomic mass is 16.7. The Kier molecular flexibility index (Phi) is 3.23. The van der Waals surface area contributed by atoms with E-state index in [4.69, 9.17) is 19.7 Å². The zero-order valence-electron chi connectivity index (χ0n) is 7.25. The SMILES string of the molecule is COC1C(O)C(CO)OC1(O)CO. The molecule has 0 saturated carbocycles. The van der Waals surface area contributed by atoms with Gasteiger partial charge in [0.1, 0.15) is 18.3 Å². The number of rotatable bonds is 3. The Morgan fingerprint density at radius 2 is 2.08 bits per heavy atom. The fourth-order valence-corrected chi connectivity index (χ4v) is 1.46. The van der Waals surface area contributed by atoms with Crippen molar-refractivity contribution in [2.45, 2.75) is 24.1 Å². The predicted octanol–water partition coefficient (Wildman–Crippen LogP) is -2.57. The molecule has 4 atom stereocenters. The molecule has 1 aliphatic heterocycles. The van der Waals surface area contributed by atoms with Crippen LogP contribution < -0.4 is 0 Å². The number of methoxy groups -OCH3 is 1. The summed E-state index contributed by atoms with van der Waals surface area (Å²) in [5.41, 5.74) is 0. The molecule has 0 bridgehead atoms. The normalized spacial score (nSPS) is 45.5. The van der Waals surface area contributed by atoms with E-state index in [0.717, 1.165) is 0 Å². The van der Waals surface area contributed by atoms with Crippen molar-refractivity contribution in [2.24, 2.45) is 0 Å². The molecule has 0 aromatic rings. The smallest absolute Gasteiger partial charge is 0.219 e. The number of hydrogen-bond donors (Lipinski definition) is 4. The van der Waals surface area contributed by atoms with E-state index in [1.165, 1.54) is 7.11 Å². The fraction of sp³-hybridized carbons (Fsp3) is 1.00. The van der Waals surface area contributed by atoms with Gasteiger partial charge in [0.25, 0.3) is 0 Å². The summed E-state index contributed by atoms with van der Waals surface area (Å²) in [5.74, 6) is -1.93. The highest BCUT2D eigenvalue weighted by molar-refractivity contribution is 4.95. The first kappa shape index (κ1) is 10.8. The molecule has 0 radical (unpaired) electrons. The zero-order chi connectivity index (χ0) is 10.1. The van der Waals surface area contributed by atoms with Crippen molar-refractivity contribution in [3.05, 3.63) is 0 Å². The summed E-state index contributed by atoms with van der Waals surface area (Å²) in [6, 6.07) is 0. The van der Waals surface area contributed by atoms with E-state index in [1.54, 1.807) is 0 Å². The number of hydrogen-bond acceptors (Lipinski definition) is 6. The maximum Gasteiger partial charge on any atom is 0.219 e. The van der Waals surface area contributed by atoms with Crippen molar-refractivity contribution < 1.29 is 29.9 Å². The van der Waals surface area contributed by atoms with Gasteiger partial charge >= 0.3 is 0 Å². The fourth-order valence-electron chi connectivity index (χ4n) is 1.46. The standard InChI is InChI=1S/C7H14O6/c1-12-6-5(10)4(2-8)13-7(6,11)3-9/h4-6,8-11H,2-3H2,1H3. The molecule has 1 aliphatic rings. The van der Waals surface area contributed by atoms with Crippen LogP contribution in [0.15, 0.2) is 0 Å². The number of aliphatic hydroxyl groups is 4. The topological polar surface area (TPSA) is 99.4 Å². The second-order valence-electron chi connectivity index (χ2n) is 2.99. The van der Waals surface area contributed by atoms with Gasteiger partial charge in [-0.25, -0.2) is 0 Å². The lowest BCUT2D eigenvalue weighted by molar-refractivity contribution is -0.252. The van der Waals surface area contributed by atoms with Gasteiger partial charge in [-0.15, -0.1) is 0 Å². The van der Waals surface area contributed by atoms with Crippen LogP contribution in [0, 0.1) is 0 Å². The molecule has 13 heavy (non-hydrogen) atoms. The summed E-state index contributed by atoms with van der Waals surface area (Å²) in [6.07, 6.45) is -3.12. The van der Waals surface area contributed by atoms with E-state index >= 15 is 0 Å². The number of aliphatic hydroxyl groups excluding tert-OH is 3. The minimum atomic E-state index is -1.93. The quantitative estimate of drug-likeness (QED) is 0.394. The van der Waals surface area contributed by atoms with E-state index in [0.29, 0.717) is 0 Å². The minimum Gasteiger partial charge on any atom is -0.394 e. The average molecular weight is 194 g/mol. The highest BCUT2D eigenvalue weighted by Gasteiger charge is 2.53. The van der Waals surface area contributed by atoms with Gasteiger partial charge in [-0.2, -0.15) is 0 Å². The molecule has 78 valence electrons. The average Bonchev–Trinajstić information content (AvgIpc) is 2.39. The summed E-state index contributed by atoms with van der Waals surface area (Å²) >= 11 is 0. The maximum absolute atomic E-state index is 9.56. The van der Waals surface area contributed by atoms with Crippen molar-refractivity contribution in [3.8, 4) is 0 Å². The summed E-state index contributed by atoms with van der Waals surface area (Å²) < 4.78 is 9.61. The Morgan fingerprint density at radius 1 is 1.46 bits per heavy atom. The van der Waals surface area contributed by atoms with Crippen LogP contribution in [0.1, 0.15) is 0 Å². The van der Waals surface area contributed by atoms with Crippen LogP contribution in [-0.4, -0.2) is 64.8 Å². The Bertz CT molecular complexity index is 174. The van der Waals surface area contributed by atoms with Crippen molar-refractivity contribution in [1.29, 1.82) is 0 Å². The van der Waals surface area contributed by atoms with Gasteiger partial charge < -0.3 is 29.9 Å².